The smallest absolute Gasteiger partial charge is 0.231 e. The van der Waals surface area contributed by atoms with E-state index < -0.39 is 5.41 Å². The van der Waals surface area contributed by atoms with Gasteiger partial charge in [-0.1, -0.05) is 37.5 Å². The first-order valence-corrected chi connectivity index (χ1v) is 11.2. The number of ether oxygens (including phenoxy) is 2. The van der Waals surface area contributed by atoms with Crippen molar-refractivity contribution in [3.05, 3.63) is 53.6 Å². The summed E-state index contributed by atoms with van der Waals surface area (Å²) in [6, 6.07) is 13.6. The highest BCUT2D eigenvalue weighted by Crippen LogP contribution is 2.40. The molecule has 1 aliphatic heterocycles. The van der Waals surface area contributed by atoms with E-state index in [1.165, 1.54) is 0 Å². The van der Waals surface area contributed by atoms with Crippen molar-refractivity contribution in [2.24, 2.45) is 5.92 Å². The summed E-state index contributed by atoms with van der Waals surface area (Å²) in [6.45, 7) is 0.693. The third-order valence-corrected chi connectivity index (χ3v) is 6.68. The Kier molecular flexibility index (Phi) is 5.30. The number of hydrogen-bond donors (Lipinski definition) is 2. The number of anilines is 1. The molecule has 5 rings (SSSR count). The number of fused-ring (bicyclic) bond motifs is 1. The quantitative estimate of drug-likeness (QED) is 0.731. The van der Waals surface area contributed by atoms with Gasteiger partial charge in [-0.15, -0.1) is 0 Å². The maximum absolute atomic E-state index is 13.5. The molecule has 6 heteroatoms. The molecule has 2 N–H and O–H groups in total. The molecule has 2 aliphatic carbocycles. The number of rotatable bonds is 6. The maximum Gasteiger partial charge on any atom is 0.231 e. The fourth-order valence-corrected chi connectivity index (χ4v) is 4.67. The molecule has 3 aliphatic rings. The first kappa shape index (κ1) is 19.9. The Morgan fingerprint density at radius 3 is 2.42 bits per heavy atom. The van der Waals surface area contributed by atoms with Gasteiger partial charge < -0.3 is 20.1 Å². The molecule has 0 unspecified atom stereocenters. The second-order valence-corrected chi connectivity index (χ2v) is 8.85. The molecular weight excluding hydrogens is 392 g/mol. The van der Waals surface area contributed by atoms with Crippen LogP contribution in [0, 0.1) is 5.92 Å². The Labute approximate surface area is 182 Å². The highest BCUT2D eigenvalue weighted by Gasteiger charge is 2.41. The van der Waals surface area contributed by atoms with E-state index in [4.69, 9.17) is 9.47 Å². The van der Waals surface area contributed by atoms with Gasteiger partial charge in [0, 0.05) is 18.2 Å². The molecule has 2 aromatic rings. The number of benzene rings is 2. The lowest BCUT2D eigenvalue weighted by atomic mass is 9.68. The number of amides is 2. The van der Waals surface area contributed by atoms with Crippen LogP contribution >= 0.6 is 0 Å². The molecule has 0 bridgehead atoms. The van der Waals surface area contributed by atoms with Gasteiger partial charge in [0.25, 0.3) is 0 Å². The van der Waals surface area contributed by atoms with Crippen LogP contribution in [0.25, 0.3) is 0 Å². The third kappa shape index (κ3) is 4.11. The van der Waals surface area contributed by atoms with Crippen molar-refractivity contribution >= 4 is 17.5 Å². The van der Waals surface area contributed by atoms with E-state index in [-0.39, 0.29) is 24.5 Å². The lowest BCUT2D eigenvalue weighted by Crippen LogP contribution is -2.45. The molecule has 2 saturated carbocycles. The summed E-state index contributed by atoms with van der Waals surface area (Å²) in [6.07, 6.45) is 6.89. The number of hydrogen-bond acceptors (Lipinski definition) is 4. The van der Waals surface area contributed by atoms with E-state index in [1.54, 1.807) is 0 Å². The Morgan fingerprint density at radius 1 is 0.935 bits per heavy atom. The monoisotopic (exact) mass is 420 g/mol. The third-order valence-electron chi connectivity index (χ3n) is 6.68. The van der Waals surface area contributed by atoms with Crippen LogP contribution in [0.5, 0.6) is 11.5 Å². The predicted molar refractivity (Wildman–Crippen MR) is 117 cm³/mol. The molecule has 0 saturated heterocycles. The summed E-state index contributed by atoms with van der Waals surface area (Å²) in [5.74, 6) is 1.81. The SMILES string of the molecule is O=C(Nc1ccc(C2(C(=O)NCc3ccc4c(c3)OCO4)CCCCC2)cc1)C1CC1. The van der Waals surface area contributed by atoms with Gasteiger partial charge in [0.1, 0.15) is 0 Å². The highest BCUT2D eigenvalue weighted by atomic mass is 16.7. The van der Waals surface area contributed by atoms with Gasteiger partial charge in [-0.3, -0.25) is 9.59 Å². The molecule has 0 aromatic heterocycles. The molecule has 2 fully saturated rings. The summed E-state index contributed by atoms with van der Waals surface area (Å²) in [7, 11) is 0. The lowest BCUT2D eigenvalue weighted by Gasteiger charge is -2.36. The van der Waals surface area contributed by atoms with Crippen molar-refractivity contribution in [1.29, 1.82) is 0 Å². The summed E-state index contributed by atoms with van der Waals surface area (Å²) >= 11 is 0. The van der Waals surface area contributed by atoms with Gasteiger partial charge in [0.2, 0.25) is 18.6 Å². The first-order chi connectivity index (χ1) is 15.1. The first-order valence-electron chi connectivity index (χ1n) is 11.2. The minimum atomic E-state index is -0.520. The second kappa shape index (κ2) is 8.25. The fourth-order valence-electron chi connectivity index (χ4n) is 4.67. The minimum absolute atomic E-state index is 0.0691. The van der Waals surface area contributed by atoms with Gasteiger partial charge in [-0.05, 0) is 61.1 Å². The van der Waals surface area contributed by atoms with Crippen LogP contribution < -0.4 is 20.1 Å². The van der Waals surface area contributed by atoms with Crippen LogP contribution in [0.3, 0.4) is 0 Å². The second-order valence-electron chi connectivity index (χ2n) is 8.85. The standard InChI is InChI=1S/C25H28N2O4/c28-23(18-5-6-18)27-20-9-7-19(8-10-20)25(12-2-1-3-13-25)24(29)26-15-17-4-11-21-22(14-17)31-16-30-21/h4,7-11,14,18H,1-3,5-6,12-13,15-16H2,(H,26,29)(H,27,28). The molecule has 6 nitrogen and oxygen atoms in total. The van der Waals surface area contributed by atoms with Crippen LogP contribution in [0.1, 0.15) is 56.1 Å². The van der Waals surface area contributed by atoms with Crippen LogP contribution in [0.4, 0.5) is 5.69 Å². The normalized spacial score (nSPS) is 19.0. The van der Waals surface area contributed by atoms with Gasteiger partial charge in [0.15, 0.2) is 11.5 Å². The summed E-state index contributed by atoms with van der Waals surface area (Å²) in [5, 5.41) is 6.15. The number of nitrogens with one attached hydrogen (secondary N) is 2. The molecule has 162 valence electrons. The summed E-state index contributed by atoms with van der Waals surface area (Å²) in [4.78, 5) is 25.5. The zero-order valence-electron chi connectivity index (χ0n) is 17.6. The van der Waals surface area contributed by atoms with Crippen molar-refractivity contribution in [3.63, 3.8) is 0 Å². The van der Waals surface area contributed by atoms with E-state index in [0.29, 0.717) is 6.54 Å². The van der Waals surface area contributed by atoms with E-state index in [2.05, 4.69) is 10.6 Å². The van der Waals surface area contributed by atoms with Crippen molar-refractivity contribution in [2.45, 2.75) is 56.9 Å². The van der Waals surface area contributed by atoms with Gasteiger partial charge in [-0.2, -0.15) is 0 Å². The maximum atomic E-state index is 13.5. The molecule has 0 spiro atoms. The van der Waals surface area contributed by atoms with E-state index in [9.17, 15) is 9.59 Å². The average molecular weight is 421 g/mol. The van der Waals surface area contributed by atoms with Crippen LogP contribution in [-0.2, 0) is 21.5 Å². The van der Waals surface area contributed by atoms with Crippen LogP contribution in [-0.4, -0.2) is 18.6 Å². The fraction of sp³-hybridized carbons (Fsp3) is 0.440. The van der Waals surface area contributed by atoms with Crippen molar-refractivity contribution in [3.8, 4) is 11.5 Å². The van der Waals surface area contributed by atoms with Crippen molar-refractivity contribution in [2.75, 3.05) is 12.1 Å². The minimum Gasteiger partial charge on any atom is -0.454 e. The zero-order chi connectivity index (χ0) is 21.3. The molecule has 2 amide bonds. The Bertz CT molecular complexity index is 976. The number of carbonyl (C=O) groups is 2. The molecule has 31 heavy (non-hydrogen) atoms. The van der Waals surface area contributed by atoms with E-state index >= 15 is 0 Å². The Morgan fingerprint density at radius 2 is 1.68 bits per heavy atom. The summed E-state index contributed by atoms with van der Waals surface area (Å²) < 4.78 is 10.8. The van der Waals surface area contributed by atoms with Gasteiger partial charge >= 0.3 is 0 Å². The highest BCUT2D eigenvalue weighted by molar-refractivity contribution is 5.94. The molecular formula is C25H28N2O4. The predicted octanol–water partition coefficient (Wildman–Crippen LogP) is 4.28. The van der Waals surface area contributed by atoms with Crippen molar-refractivity contribution < 1.29 is 19.1 Å². The average Bonchev–Trinajstić information content (AvgIpc) is 3.56. The van der Waals surface area contributed by atoms with E-state index in [1.807, 2.05) is 42.5 Å². The van der Waals surface area contributed by atoms with Gasteiger partial charge in [-0.25, -0.2) is 0 Å². The molecule has 1 heterocycles. The number of carbonyl (C=O) groups excluding carboxylic acids is 2. The Balaban J connectivity index is 1.30. The van der Waals surface area contributed by atoms with Gasteiger partial charge in [0.05, 0.1) is 5.41 Å². The Hall–Kier alpha value is -3.02. The molecule has 2 aromatic carbocycles. The molecule has 0 radical (unpaired) electrons. The lowest BCUT2D eigenvalue weighted by molar-refractivity contribution is -0.128. The van der Waals surface area contributed by atoms with Crippen LogP contribution in [0.15, 0.2) is 42.5 Å². The largest absolute Gasteiger partial charge is 0.454 e. The topological polar surface area (TPSA) is 76.7 Å². The van der Waals surface area contributed by atoms with Crippen molar-refractivity contribution in [1.82, 2.24) is 5.32 Å². The van der Waals surface area contributed by atoms with Crippen LogP contribution in [0.2, 0.25) is 0 Å². The van der Waals surface area contributed by atoms with E-state index in [0.717, 1.165) is 73.3 Å². The summed E-state index contributed by atoms with van der Waals surface area (Å²) in [5.41, 5.74) is 2.29. The molecule has 0 atom stereocenters. The zero-order valence-corrected chi connectivity index (χ0v) is 17.6.